The number of nitrogens with one attached hydrogen (secondary N) is 1. The summed E-state index contributed by atoms with van der Waals surface area (Å²) in [5, 5.41) is 12.6. The number of unbranched alkanes of at least 4 members (excludes halogenated alkanes) is 1. The molecule has 0 aliphatic carbocycles. The van der Waals surface area contributed by atoms with E-state index in [-0.39, 0.29) is 22.6 Å². The third-order valence-corrected chi connectivity index (χ3v) is 4.07. The lowest BCUT2D eigenvalue weighted by atomic mass is 10.1. The van der Waals surface area contributed by atoms with Crippen molar-refractivity contribution in [2.75, 3.05) is 6.54 Å². The molecule has 0 aliphatic rings. The van der Waals surface area contributed by atoms with Crippen molar-refractivity contribution in [3.63, 3.8) is 0 Å². The highest BCUT2D eigenvalue weighted by molar-refractivity contribution is 5.90. The molecule has 3 rings (SSSR count). The van der Waals surface area contributed by atoms with Crippen LogP contribution in [0.4, 0.5) is 0 Å². The van der Waals surface area contributed by atoms with Gasteiger partial charge in [-0.2, -0.15) is 0 Å². The van der Waals surface area contributed by atoms with Crippen LogP contribution < -0.4 is 10.9 Å². The van der Waals surface area contributed by atoms with Gasteiger partial charge in [-0.3, -0.25) is 19.1 Å². The number of nitrogens with zero attached hydrogens (tertiary/aromatic N) is 3. The average molecular weight is 364 g/mol. The monoisotopic (exact) mass is 364 g/mol. The number of hydrogen-bond acceptors (Lipinski definition) is 5. The van der Waals surface area contributed by atoms with Crippen LogP contribution in [0.3, 0.4) is 0 Å². The fraction of sp³-hybridized carbons (Fsp3) is 0.200. The molecule has 7 nitrogen and oxygen atoms in total. The van der Waals surface area contributed by atoms with E-state index in [1.807, 2.05) is 18.3 Å². The molecule has 0 aliphatic heterocycles. The third kappa shape index (κ3) is 5.01. The van der Waals surface area contributed by atoms with Gasteiger partial charge >= 0.3 is 0 Å². The molecule has 2 heterocycles. The van der Waals surface area contributed by atoms with Crippen LogP contribution in [0.15, 0.2) is 59.9 Å². The zero-order valence-corrected chi connectivity index (χ0v) is 14.7. The van der Waals surface area contributed by atoms with Crippen molar-refractivity contribution in [3.05, 3.63) is 71.0 Å². The largest absolute Gasteiger partial charge is 0.508 e. The molecule has 3 aromatic rings. The van der Waals surface area contributed by atoms with Gasteiger partial charge in [-0.05, 0) is 49.1 Å². The van der Waals surface area contributed by atoms with Crippen LogP contribution in [0.1, 0.15) is 18.4 Å². The fourth-order valence-electron chi connectivity index (χ4n) is 2.65. The smallest absolute Gasteiger partial charge is 0.265 e. The van der Waals surface area contributed by atoms with Crippen molar-refractivity contribution in [2.24, 2.45) is 0 Å². The summed E-state index contributed by atoms with van der Waals surface area (Å²) in [5.74, 6) is -0.286. The van der Waals surface area contributed by atoms with E-state index in [2.05, 4.69) is 15.3 Å². The van der Waals surface area contributed by atoms with Crippen molar-refractivity contribution in [1.82, 2.24) is 19.9 Å². The summed E-state index contributed by atoms with van der Waals surface area (Å²) >= 11 is 0. The van der Waals surface area contributed by atoms with Crippen molar-refractivity contribution in [2.45, 2.75) is 19.3 Å². The number of phenolic OH excluding ortho intramolecular Hbond substituents is 1. The number of carbonyl (C=O) groups excluding carboxylic acids is 1. The third-order valence-electron chi connectivity index (χ3n) is 4.07. The molecule has 138 valence electrons. The van der Waals surface area contributed by atoms with Crippen molar-refractivity contribution in [3.8, 4) is 5.75 Å². The molecule has 1 aromatic carbocycles. The van der Waals surface area contributed by atoms with E-state index in [0.717, 1.165) is 19.3 Å². The van der Waals surface area contributed by atoms with Crippen LogP contribution in [-0.2, 0) is 11.2 Å². The number of hydrogen-bond donors (Lipinski definition) is 2. The minimum Gasteiger partial charge on any atom is -0.508 e. The predicted octanol–water partition coefficient (Wildman–Crippen LogP) is 2.11. The molecule has 0 bridgehead atoms. The number of carbonyl (C=O) groups is 1. The van der Waals surface area contributed by atoms with Crippen LogP contribution in [0, 0.1) is 0 Å². The predicted molar refractivity (Wildman–Crippen MR) is 103 cm³/mol. The normalized spacial score (nSPS) is 11.1. The molecule has 1 amide bonds. The molecule has 7 heteroatoms. The molecule has 2 N–H and O–H groups in total. The van der Waals surface area contributed by atoms with Gasteiger partial charge in [-0.15, -0.1) is 0 Å². The second-order valence-electron chi connectivity index (χ2n) is 6.08. The number of aromatic nitrogens is 3. The highest BCUT2D eigenvalue weighted by Gasteiger charge is 2.04. The molecule has 0 saturated carbocycles. The number of aromatic hydroxyl groups is 1. The van der Waals surface area contributed by atoms with Gasteiger partial charge < -0.3 is 10.4 Å². The van der Waals surface area contributed by atoms with Gasteiger partial charge in [0, 0.05) is 31.2 Å². The lowest BCUT2D eigenvalue weighted by molar-refractivity contribution is -0.116. The first kappa shape index (κ1) is 18.3. The minimum absolute atomic E-state index is 0.00726. The van der Waals surface area contributed by atoms with E-state index in [4.69, 9.17) is 0 Å². The lowest BCUT2D eigenvalue weighted by Crippen LogP contribution is -2.23. The van der Waals surface area contributed by atoms with E-state index in [9.17, 15) is 14.7 Å². The highest BCUT2D eigenvalue weighted by Crippen LogP contribution is 2.14. The fourth-order valence-corrected chi connectivity index (χ4v) is 2.65. The zero-order valence-electron chi connectivity index (χ0n) is 14.7. The summed E-state index contributed by atoms with van der Waals surface area (Å²) in [4.78, 5) is 32.5. The molecule has 0 radical (unpaired) electrons. The highest BCUT2D eigenvalue weighted by atomic mass is 16.3. The summed E-state index contributed by atoms with van der Waals surface area (Å²) in [6, 6.07) is 8.34. The van der Waals surface area contributed by atoms with Gasteiger partial charge in [0.05, 0.1) is 10.9 Å². The van der Waals surface area contributed by atoms with Gasteiger partial charge in [-0.1, -0.05) is 6.07 Å². The number of pyridine rings is 1. The number of phenols is 1. The Kier molecular flexibility index (Phi) is 5.94. The molecular weight excluding hydrogens is 344 g/mol. The summed E-state index contributed by atoms with van der Waals surface area (Å²) in [7, 11) is 0. The van der Waals surface area contributed by atoms with E-state index >= 15 is 0 Å². The summed E-state index contributed by atoms with van der Waals surface area (Å²) in [6.07, 6.45) is 10.3. The molecule has 0 saturated heterocycles. The Morgan fingerprint density at radius 2 is 2.15 bits per heavy atom. The van der Waals surface area contributed by atoms with Gasteiger partial charge in [-0.25, -0.2) is 4.98 Å². The van der Waals surface area contributed by atoms with E-state index in [1.54, 1.807) is 12.3 Å². The summed E-state index contributed by atoms with van der Waals surface area (Å²) in [6.45, 7) is 0.558. The lowest BCUT2D eigenvalue weighted by Gasteiger charge is -2.04. The Hall–Kier alpha value is -3.48. The van der Waals surface area contributed by atoms with Crippen LogP contribution >= 0.6 is 0 Å². The van der Waals surface area contributed by atoms with E-state index < -0.39 is 0 Å². The second kappa shape index (κ2) is 8.75. The van der Waals surface area contributed by atoms with Crippen LogP contribution in [-0.4, -0.2) is 32.1 Å². The van der Waals surface area contributed by atoms with E-state index in [0.29, 0.717) is 12.1 Å². The number of amides is 1. The average Bonchev–Trinajstić information content (AvgIpc) is 2.68. The number of benzene rings is 1. The Morgan fingerprint density at radius 3 is 2.96 bits per heavy atom. The number of rotatable bonds is 7. The van der Waals surface area contributed by atoms with Gasteiger partial charge in [0.1, 0.15) is 12.1 Å². The van der Waals surface area contributed by atoms with Crippen molar-refractivity contribution in [1.29, 1.82) is 0 Å². The topological polar surface area (TPSA) is 97.1 Å². The SMILES string of the molecule is O=C(/C=C/n1cnc2ccc(O)cc2c1=O)NCCCCc1cccnc1. The van der Waals surface area contributed by atoms with Crippen molar-refractivity contribution >= 4 is 23.0 Å². The molecule has 0 unspecified atom stereocenters. The standard InChI is InChI=1S/C20H20N4O3/c25-16-6-7-18-17(12-16)20(27)24(14-23-18)11-8-19(26)22-10-2-1-4-15-5-3-9-21-13-15/h3,5-9,11-14,25H,1-2,4,10H2,(H,22,26)/b11-8+. The quantitative estimate of drug-likeness (QED) is 0.494. The maximum Gasteiger partial charge on any atom is 0.265 e. The molecular formula is C20H20N4O3. The molecule has 0 fully saturated rings. The van der Waals surface area contributed by atoms with E-state index in [1.165, 1.54) is 40.9 Å². The van der Waals surface area contributed by atoms with Crippen molar-refractivity contribution < 1.29 is 9.90 Å². The summed E-state index contributed by atoms with van der Waals surface area (Å²) in [5.41, 5.74) is 1.31. The molecule has 0 atom stereocenters. The Morgan fingerprint density at radius 1 is 1.26 bits per heavy atom. The first-order valence-corrected chi connectivity index (χ1v) is 8.68. The van der Waals surface area contributed by atoms with Crippen LogP contribution in [0.25, 0.3) is 17.1 Å². The summed E-state index contributed by atoms with van der Waals surface area (Å²) < 4.78 is 1.21. The van der Waals surface area contributed by atoms with Crippen LogP contribution in [0.2, 0.25) is 0 Å². The van der Waals surface area contributed by atoms with Gasteiger partial charge in [0.2, 0.25) is 5.91 Å². The number of aryl methyl sites for hydroxylation is 1. The molecule has 27 heavy (non-hydrogen) atoms. The van der Waals surface area contributed by atoms with Gasteiger partial charge in [0.25, 0.3) is 5.56 Å². The minimum atomic E-state index is -0.351. The second-order valence-corrected chi connectivity index (χ2v) is 6.08. The first-order chi connectivity index (χ1) is 13.1. The maximum atomic E-state index is 12.4. The van der Waals surface area contributed by atoms with Gasteiger partial charge in [0.15, 0.2) is 0 Å². The Bertz CT molecular complexity index is 1010. The van der Waals surface area contributed by atoms with Crippen LogP contribution in [0.5, 0.6) is 5.75 Å². The zero-order chi connectivity index (χ0) is 19.1. The Balaban J connectivity index is 1.50. The first-order valence-electron chi connectivity index (χ1n) is 8.68. The Labute approximate surface area is 156 Å². The maximum absolute atomic E-state index is 12.4. The number of fused-ring (bicyclic) bond motifs is 1. The molecule has 2 aromatic heterocycles. The molecule has 0 spiro atoms.